The van der Waals surface area contributed by atoms with Crippen molar-refractivity contribution in [3.63, 3.8) is 0 Å². The second-order valence-electron chi connectivity index (χ2n) is 3.03. The van der Waals surface area contributed by atoms with Gasteiger partial charge in [0.1, 0.15) is 6.04 Å². The number of hydrogen-bond acceptors (Lipinski definition) is 2. The van der Waals surface area contributed by atoms with Crippen molar-refractivity contribution in [1.82, 2.24) is 4.90 Å². The fourth-order valence-corrected chi connectivity index (χ4v) is 1.20. The van der Waals surface area contributed by atoms with Crippen molar-refractivity contribution in [2.45, 2.75) is 39.8 Å². The molecule has 0 radical (unpaired) electrons. The second-order valence-corrected chi connectivity index (χ2v) is 3.03. The van der Waals surface area contributed by atoms with Crippen LogP contribution >= 0.6 is 0 Å². The molecule has 0 aliphatic heterocycles. The van der Waals surface area contributed by atoms with Crippen molar-refractivity contribution in [2.75, 3.05) is 0 Å². The lowest BCUT2D eigenvalue weighted by atomic mass is 10.2. The van der Waals surface area contributed by atoms with Crippen LogP contribution in [0.1, 0.15) is 27.7 Å². The number of carbonyl (C=O) groups excluding carboxylic acids is 1. The first kappa shape index (κ1) is 10.9. The van der Waals surface area contributed by atoms with E-state index in [1.807, 2.05) is 0 Å². The van der Waals surface area contributed by atoms with Gasteiger partial charge >= 0.3 is 5.97 Å². The van der Waals surface area contributed by atoms with Crippen molar-refractivity contribution < 1.29 is 14.7 Å². The third-order valence-electron chi connectivity index (χ3n) is 1.69. The molecule has 0 aromatic rings. The number of rotatable bonds is 3. The molecule has 0 saturated heterocycles. The quantitative estimate of drug-likeness (QED) is 0.684. The van der Waals surface area contributed by atoms with E-state index in [0.29, 0.717) is 0 Å². The van der Waals surface area contributed by atoms with Crippen molar-refractivity contribution in [3.8, 4) is 0 Å². The lowest BCUT2D eigenvalue weighted by Crippen LogP contribution is -2.46. The van der Waals surface area contributed by atoms with Crippen molar-refractivity contribution >= 4 is 11.9 Å². The average Bonchev–Trinajstić information content (AvgIpc) is 1.85. The zero-order chi connectivity index (χ0) is 9.89. The van der Waals surface area contributed by atoms with E-state index < -0.39 is 12.0 Å². The summed E-state index contributed by atoms with van der Waals surface area (Å²) in [4.78, 5) is 22.9. The van der Waals surface area contributed by atoms with Crippen LogP contribution in [0.15, 0.2) is 0 Å². The van der Waals surface area contributed by atoms with Crippen LogP contribution in [0.25, 0.3) is 0 Å². The number of nitrogens with zero attached hydrogens (tertiary/aromatic N) is 1. The average molecular weight is 173 g/mol. The molecule has 4 heteroatoms. The normalized spacial score (nSPS) is 12.8. The fourth-order valence-electron chi connectivity index (χ4n) is 1.20. The predicted molar refractivity (Wildman–Crippen MR) is 44.8 cm³/mol. The maximum Gasteiger partial charge on any atom is 0.326 e. The van der Waals surface area contributed by atoms with Crippen LogP contribution in [0.4, 0.5) is 0 Å². The molecule has 0 spiro atoms. The topological polar surface area (TPSA) is 57.6 Å². The number of carboxylic acid groups (broad SMARTS) is 1. The Balaban J connectivity index is 4.51. The van der Waals surface area contributed by atoms with E-state index in [9.17, 15) is 9.59 Å². The molecule has 12 heavy (non-hydrogen) atoms. The molecule has 0 aliphatic carbocycles. The van der Waals surface area contributed by atoms with Crippen LogP contribution in [0, 0.1) is 0 Å². The minimum absolute atomic E-state index is 0.0754. The molecule has 1 unspecified atom stereocenters. The molecule has 0 fully saturated rings. The summed E-state index contributed by atoms with van der Waals surface area (Å²) in [6.45, 7) is 6.46. The van der Waals surface area contributed by atoms with Gasteiger partial charge in [0.25, 0.3) is 0 Å². The van der Waals surface area contributed by atoms with Gasteiger partial charge in [-0.05, 0) is 20.8 Å². The summed E-state index contributed by atoms with van der Waals surface area (Å²) in [5.74, 6) is -1.18. The Bertz CT molecular complexity index is 189. The van der Waals surface area contributed by atoms with Crippen LogP contribution in [0.3, 0.4) is 0 Å². The first-order valence-electron chi connectivity index (χ1n) is 3.89. The molecule has 1 N–H and O–H groups in total. The number of hydrogen-bond donors (Lipinski definition) is 1. The Morgan fingerprint density at radius 2 is 1.67 bits per heavy atom. The van der Waals surface area contributed by atoms with Crippen LogP contribution in [-0.2, 0) is 9.59 Å². The zero-order valence-electron chi connectivity index (χ0n) is 7.87. The highest BCUT2D eigenvalue weighted by Crippen LogP contribution is 2.05. The molecular formula is C8H15NO3. The van der Waals surface area contributed by atoms with E-state index in [2.05, 4.69) is 0 Å². The molecule has 0 heterocycles. The van der Waals surface area contributed by atoms with Gasteiger partial charge in [-0.2, -0.15) is 0 Å². The third-order valence-corrected chi connectivity index (χ3v) is 1.69. The van der Waals surface area contributed by atoms with E-state index >= 15 is 0 Å². The van der Waals surface area contributed by atoms with Gasteiger partial charge in [0.15, 0.2) is 0 Å². The molecule has 4 nitrogen and oxygen atoms in total. The van der Waals surface area contributed by atoms with Gasteiger partial charge in [-0.1, -0.05) is 0 Å². The molecule has 0 aliphatic rings. The molecule has 0 saturated carbocycles. The Morgan fingerprint density at radius 3 is 1.75 bits per heavy atom. The molecule has 0 aromatic heterocycles. The van der Waals surface area contributed by atoms with E-state index in [4.69, 9.17) is 5.11 Å². The number of carbonyl (C=O) groups is 2. The first-order valence-corrected chi connectivity index (χ1v) is 3.89. The summed E-state index contributed by atoms with van der Waals surface area (Å²) < 4.78 is 0. The monoisotopic (exact) mass is 173 g/mol. The van der Waals surface area contributed by atoms with Crippen LogP contribution in [-0.4, -0.2) is 34.0 Å². The Morgan fingerprint density at radius 1 is 1.25 bits per heavy atom. The summed E-state index contributed by atoms with van der Waals surface area (Å²) in [5, 5.41) is 8.66. The first-order chi connectivity index (χ1) is 5.37. The SMILES string of the molecule is CC(=O)N(C(C)C)C(C)C(=O)O. The standard InChI is InChI=1S/C8H15NO3/c1-5(2)9(7(4)10)6(3)8(11)12/h5-6H,1-4H3,(H,11,12). The zero-order valence-corrected chi connectivity index (χ0v) is 7.87. The van der Waals surface area contributed by atoms with E-state index in [0.717, 1.165) is 0 Å². The molecule has 70 valence electrons. The van der Waals surface area contributed by atoms with E-state index in [1.165, 1.54) is 18.7 Å². The third kappa shape index (κ3) is 2.53. The summed E-state index contributed by atoms with van der Waals surface area (Å²) >= 11 is 0. The van der Waals surface area contributed by atoms with Gasteiger partial charge in [0.2, 0.25) is 5.91 Å². The molecule has 1 atom stereocenters. The minimum Gasteiger partial charge on any atom is -0.480 e. The molecule has 0 aromatic carbocycles. The largest absolute Gasteiger partial charge is 0.480 e. The van der Waals surface area contributed by atoms with Gasteiger partial charge < -0.3 is 10.0 Å². The van der Waals surface area contributed by atoms with E-state index in [1.54, 1.807) is 13.8 Å². The lowest BCUT2D eigenvalue weighted by Gasteiger charge is -2.28. The van der Waals surface area contributed by atoms with Crippen LogP contribution in [0.2, 0.25) is 0 Å². The van der Waals surface area contributed by atoms with Gasteiger partial charge in [-0.15, -0.1) is 0 Å². The maximum atomic E-state index is 11.0. The Kier molecular flexibility index (Phi) is 3.73. The second kappa shape index (κ2) is 4.09. The highest BCUT2D eigenvalue weighted by atomic mass is 16.4. The summed E-state index contributed by atoms with van der Waals surface area (Å²) in [6, 6.07) is -0.823. The van der Waals surface area contributed by atoms with E-state index in [-0.39, 0.29) is 11.9 Å². The summed E-state index contributed by atoms with van der Waals surface area (Å²) in [5.41, 5.74) is 0. The van der Waals surface area contributed by atoms with Crippen LogP contribution in [0.5, 0.6) is 0 Å². The van der Waals surface area contributed by atoms with Crippen molar-refractivity contribution in [3.05, 3.63) is 0 Å². The molecule has 0 bridgehead atoms. The van der Waals surface area contributed by atoms with Crippen molar-refractivity contribution in [1.29, 1.82) is 0 Å². The number of amides is 1. The Labute approximate surface area is 72.2 Å². The summed E-state index contributed by atoms with van der Waals surface area (Å²) in [7, 11) is 0. The highest BCUT2D eigenvalue weighted by molar-refractivity contribution is 5.82. The molecule has 1 amide bonds. The fraction of sp³-hybridized carbons (Fsp3) is 0.750. The van der Waals surface area contributed by atoms with Gasteiger partial charge in [-0.3, -0.25) is 4.79 Å². The summed E-state index contributed by atoms with van der Waals surface area (Å²) in [6.07, 6.45) is 0. The smallest absolute Gasteiger partial charge is 0.326 e. The lowest BCUT2D eigenvalue weighted by molar-refractivity contribution is -0.150. The van der Waals surface area contributed by atoms with Gasteiger partial charge in [-0.25, -0.2) is 4.79 Å². The Hall–Kier alpha value is -1.06. The highest BCUT2D eigenvalue weighted by Gasteiger charge is 2.24. The van der Waals surface area contributed by atoms with Crippen LogP contribution < -0.4 is 0 Å². The van der Waals surface area contributed by atoms with Crippen molar-refractivity contribution in [2.24, 2.45) is 0 Å². The predicted octanol–water partition coefficient (Wildman–Crippen LogP) is 0.716. The van der Waals surface area contributed by atoms with Gasteiger partial charge in [0, 0.05) is 13.0 Å². The minimum atomic E-state index is -0.973. The number of aliphatic carboxylic acids is 1. The van der Waals surface area contributed by atoms with Gasteiger partial charge in [0.05, 0.1) is 0 Å². The maximum absolute atomic E-state index is 11.0. The number of carboxylic acids is 1. The molecular weight excluding hydrogens is 158 g/mol. The molecule has 0 rings (SSSR count).